The lowest BCUT2D eigenvalue weighted by Gasteiger charge is -2.40. The van der Waals surface area contributed by atoms with Crippen LogP contribution in [-0.4, -0.2) is 40.4 Å². The third-order valence-corrected chi connectivity index (χ3v) is 4.97. The lowest BCUT2D eigenvalue weighted by Crippen LogP contribution is -2.51. The van der Waals surface area contributed by atoms with Crippen LogP contribution in [0.2, 0.25) is 0 Å². The maximum Gasteiger partial charge on any atom is 0.315 e. The zero-order valence-electron chi connectivity index (χ0n) is 14.1. The molecule has 3 aromatic rings. The lowest BCUT2D eigenvalue weighted by molar-refractivity contribution is 0.0940. The monoisotopic (exact) mass is 334 g/mol. The molecule has 4 rings (SSSR count). The first kappa shape index (κ1) is 15.7. The fourth-order valence-corrected chi connectivity index (χ4v) is 3.67. The molecule has 0 spiro atoms. The molecule has 0 saturated carbocycles. The molecule has 1 saturated heterocycles. The van der Waals surface area contributed by atoms with E-state index >= 15 is 0 Å². The average Bonchev–Trinajstić information content (AvgIpc) is 3.16. The molecule has 2 aromatic carbocycles. The van der Waals surface area contributed by atoms with Crippen LogP contribution < -0.4 is 5.73 Å². The number of urea groups is 1. The number of piperazine rings is 1. The number of hydrogen-bond donors (Lipinski definition) is 2. The topological polar surface area (TPSA) is 65.4 Å². The summed E-state index contributed by atoms with van der Waals surface area (Å²) < 4.78 is 0. The highest BCUT2D eigenvalue weighted by molar-refractivity contribution is 5.83. The van der Waals surface area contributed by atoms with Crippen LogP contribution >= 0.6 is 0 Å². The molecule has 3 N–H and O–H groups in total. The Labute approximate surface area is 147 Å². The molecule has 0 bridgehead atoms. The molecular formula is C20H22N4O. The first-order chi connectivity index (χ1) is 12.2. The molecule has 1 unspecified atom stereocenters. The molecular weight excluding hydrogens is 312 g/mol. The van der Waals surface area contributed by atoms with E-state index in [1.165, 1.54) is 16.3 Å². The fourth-order valence-electron chi connectivity index (χ4n) is 3.67. The molecule has 128 valence electrons. The van der Waals surface area contributed by atoms with Gasteiger partial charge in [0.05, 0.1) is 6.04 Å². The molecule has 1 aliphatic rings. The molecule has 5 nitrogen and oxygen atoms in total. The smallest absolute Gasteiger partial charge is 0.315 e. The summed E-state index contributed by atoms with van der Waals surface area (Å²) in [5.41, 5.74) is 7.97. The van der Waals surface area contributed by atoms with Crippen molar-refractivity contribution in [2.45, 2.75) is 12.6 Å². The number of aromatic amines is 1. The quantitative estimate of drug-likeness (QED) is 0.773. The third-order valence-electron chi connectivity index (χ3n) is 4.97. The van der Waals surface area contributed by atoms with Gasteiger partial charge in [0.15, 0.2) is 0 Å². The predicted octanol–water partition coefficient (Wildman–Crippen LogP) is 3.11. The zero-order valence-corrected chi connectivity index (χ0v) is 14.1. The maximum atomic E-state index is 11.8. The van der Waals surface area contributed by atoms with Crippen molar-refractivity contribution in [2.24, 2.45) is 5.73 Å². The van der Waals surface area contributed by atoms with E-state index in [9.17, 15) is 4.79 Å². The minimum Gasteiger partial charge on any atom is -0.367 e. The van der Waals surface area contributed by atoms with Gasteiger partial charge >= 0.3 is 6.03 Å². The number of nitrogens with one attached hydrogen (secondary N) is 1. The lowest BCUT2D eigenvalue weighted by atomic mass is 10.0. The molecule has 25 heavy (non-hydrogen) atoms. The summed E-state index contributed by atoms with van der Waals surface area (Å²) in [6, 6.07) is 16.7. The number of nitrogens with two attached hydrogens (primary N) is 1. The second kappa shape index (κ2) is 6.61. The summed E-state index contributed by atoms with van der Waals surface area (Å²) in [4.78, 5) is 19.0. The number of H-pyrrole nitrogens is 1. The number of carbonyl (C=O) groups excluding carboxylic acids is 1. The highest BCUT2D eigenvalue weighted by Gasteiger charge is 2.30. The summed E-state index contributed by atoms with van der Waals surface area (Å²) in [5.74, 6) is 0. The van der Waals surface area contributed by atoms with Crippen LogP contribution in [0.15, 0.2) is 60.9 Å². The summed E-state index contributed by atoms with van der Waals surface area (Å²) in [7, 11) is 0. The number of amides is 2. The Balaban J connectivity index is 1.53. The van der Waals surface area contributed by atoms with Gasteiger partial charge in [-0.3, -0.25) is 4.90 Å². The summed E-state index contributed by atoms with van der Waals surface area (Å²) in [6.07, 6.45) is 3.83. The minimum atomic E-state index is -0.350. The predicted molar refractivity (Wildman–Crippen MR) is 99.0 cm³/mol. The highest BCUT2D eigenvalue weighted by Crippen LogP contribution is 2.26. The van der Waals surface area contributed by atoms with Gasteiger partial charge in [0, 0.05) is 38.6 Å². The van der Waals surface area contributed by atoms with Crippen LogP contribution in [0.3, 0.4) is 0 Å². The Morgan fingerprint density at radius 3 is 2.72 bits per heavy atom. The van der Waals surface area contributed by atoms with Gasteiger partial charge in [-0.25, -0.2) is 4.79 Å². The Morgan fingerprint density at radius 2 is 1.96 bits per heavy atom. The second-order valence-electron chi connectivity index (χ2n) is 6.61. The number of aromatic nitrogens is 1. The maximum absolute atomic E-state index is 11.8. The van der Waals surface area contributed by atoms with E-state index in [1.807, 2.05) is 18.5 Å². The largest absolute Gasteiger partial charge is 0.367 e. The molecule has 2 heterocycles. The fraction of sp³-hybridized carbons (Fsp3) is 0.250. The van der Waals surface area contributed by atoms with Crippen LogP contribution in [0.25, 0.3) is 10.8 Å². The second-order valence-corrected chi connectivity index (χ2v) is 6.61. The number of hydrogen-bond acceptors (Lipinski definition) is 2. The molecule has 2 amide bonds. The van der Waals surface area contributed by atoms with Crippen molar-refractivity contribution in [3.63, 3.8) is 0 Å². The molecule has 1 fully saturated rings. The third kappa shape index (κ3) is 3.23. The molecule has 1 aliphatic heterocycles. The van der Waals surface area contributed by atoms with Gasteiger partial charge in [-0.1, -0.05) is 36.4 Å². The van der Waals surface area contributed by atoms with Gasteiger partial charge in [0.25, 0.3) is 0 Å². The number of benzene rings is 2. The van der Waals surface area contributed by atoms with Crippen LogP contribution in [0, 0.1) is 0 Å². The van der Waals surface area contributed by atoms with Crippen molar-refractivity contribution in [3.05, 3.63) is 72.1 Å². The number of nitrogens with zero attached hydrogens (tertiary/aromatic N) is 2. The van der Waals surface area contributed by atoms with Gasteiger partial charge < -0.3 is 15.6 Å². The Kier molecular flexibility index (Phi) is 4.15. The van der Waals surface area contributed by atoms with Crippen LogP contribution in [0.4, 0.5) is 4.79 Å². The van der Waals surface area contributed by atoms with Gasteiger partial charge in [-0.2, -0.15) is 0 Å². The molecule has 0 aliphatic carbocycles. The van der Waals surface area contributed by atoms with Gasteiger partial charge in [0.2, 0.25) is 0 Å². The van der Waals surface area contributed by atoms with Crippen LogP contribution in [-0.2, 0) is 6.54 Å². The first-order valence-electron chi connectivity index (χ1n) is 8.59. The van der Waals surface area contributed by atoms with Crippen LogP contribution in [0.1, 0.15) is 17.2 Å². The van der Waals surface area contributed by atoms with E-state index in [0.717, 1.165) is 25.2 Å². The van der Waals surface area contributed by atoms with Gasteiger partial charge in [-0.05, 0) is 34.0 Å². The SMILES string of the molecule is NC(=O)N1CCN(Cc2ccc3ccccc3c2)CC1c1cc[nH]c1. The van der Waals surface area contributed by atoms with Gasteiger partial charge in [-0.15, -0.1) is 0 Å². The van der Waals surface area contributed by atoms with E-state index in [4.69, 9.17) is 5.73 Å². The molecule has 1 aromatic heterocycles. The van der Waals surface area contributed by atoms with E-state index in [-0.39, 0.29) is 12.1 Å². The van der Waals surface area contributed by atoms with Crippen molar-refractivity contribution in [1.29, 1.82) is 0 Å². The zero-order chi connectivity index (χ0) is 17.2. The van der Waals surface area contributed by atoms with E-state index in [1.54, 1.807) is 4.90 Å². The van der Waals surface area contributed by atoms with Crippen molar-refractivity contribution in [1.82, 2.24) is 14.8 Å². The first-order valence-corrected chi connectivity index (χ1v) is 8.59. The van der Waals surface area contributed by atoms with Crippen molar-refractivity contribution >= 4 is 16.8 Å². The normalized spacial score (nSPS) is 18.6. The number of rotatable bonds is 3. The van der Waals surface area contributed by atoms with Crippen molar-refractivity contribution in [2.75, 3.05) is 19.6 Å². The Morgan fingerprint density at radius 1 is 1.12 bits per heavy atom. The van der Waals surface area contributed by atoms with E-state index in [2.05, 4.69) is 52.3 Å². The van der Waals surface area contributed by atoms with Crippen molar-refractivity contribution in [3.8, 4) is 0 Å². The average molecular weight is 334 g/mol. The Bertz CT molecular complexity index is 874. The van der Waals surface area contributed by atoms with E-state index < -0.39 is 0 Å². The number of fused-ring (bicyclic) bond motifs is 1. The standard InChI is InChI=1S/C20H22N4O/c21-20(25)24-10-9-23(14-19(24)18-7-8-22-12-18)13-15-5-6-16-3-1-2-4-17(16)11-15/h1-8,11-12,19,22H,9-10,13-14H2,(H2,21,25). The van der Waals surface area contributed by atoms with Crippen LogP contribution in [0.5, 0.6) is 0 Å². The molecule has 5 heteroatoms. The minimum absolute atomic E-state index is 0.00189. The summed E-state index contributed by atoms with van der Waals surface area (Å²) in [6.45, 7) is 3.14. The molecule has 0 radical (unpaired) electrons. The van der Waals surface area contributed by atoms with Crippen molar-refractivity contribution < 1.29 is 4.79 Å². The molecule has 1 atom stereocenters. The Hall–Kier alpha value is -2.79. The number of primary amides is 1. The summed E-state index contributed by atoms with van der Waals surface area (Å²) in [5, 5.41) is 2.52. The van der Waals surface area contributed by atoms with E-state index in [0.29, 0.717) is 6.54 Å². The number of carbonyl (C=O) groups is 1. The summed E-state index contributed by atoms with van der Waals surface area (Å²) >= 11 is 0. The highest BCUT2D eigenvalue weighted by atomic mass is 16.2. The van der Waals surface area contributed by atoms with Gasteiger partial charge in [0.1, 0.15) is 0 Å².